The Kier molecular flexibility index (Phi) is 5.49. The van der Waals surface area contributed by atoms with E-state index < -0.39 is 17.5 Å². The molecule has 0 aliphatic heterocycles. The van der Waals surface area contributed by atoms with E-state index in [0.29, 0.717) is 19.4 Å². The molecule has 6 heteroatoms. The van der Waals surface area contributed by atoms with Crippen molar-refractivity contribution in [1.82, 2.24) is 15.6 Å². The van der Waals surface area contributed by atoms with Gasteiger partial charge in [0.2, 0.25) is 0 Å². The van der Waals surface area contributed by atoms with Gasteiger partial charge in [0.25, 0.3) is 0 Å². The third-order valence-electron chi connectivity index (χ3n) is 3.20. The Morgan fingerprint density at radius 1 is 1.45 bits per heavy atom. The number of carbonyl (C=O) groups is 2. The number of aryl methyl sites for hydroxylation is 1. The van der Waals surface area contributed by atoms with Crippen LogP contribution in [0.3, 0.4) is 0 Å². The number of hydrogen-bond acceptors (Lipinski definition) is 3. The maximum atomic E-state index is 11.8. The molecule has 0 spiro atoms. The van der Waals surface area contributed by atoms with Crippen molar-refractivity contribution in [3.8, 4) is 0 Å². The summed E-state index contributed by atoms with van der Waals surface area (Å²) >= 11 is 0. The van der Waals surface area contributed by atoms with Crippen molar-refractivity contribution in [3.63, 3.8) is 0 Å². The van der Waals surface area contributed by atoms with E-state index in [9.17, 15) is 14.7 Å². The number of carboxylic acids is 1. The number of nitrogens with one attached hydrogen (secondary N) is 2. The van der Waals surface area contributed by atoms with E-state index in [2.05, 4.69) is 15.6 Å². The van der Waals surface area contributed by atoms with Crippen molar-refractivity contribution in [2.75, 3.05) is 0 Å². The second-order valence-corrected chi connectivity index (χ2v) is 5.00. The van der Waals surface area contributed by atoms with Crippen LogP contribution >= 0.6 is 0 Å². The van der Waals surface area contributed by atoms with E-state index in [0.717, 1.165) is 11.1 Å². The summed E-state index contributed by atoms with van der Waals surface area (Å²) in [6.07, 6.45) is 4.41. The monoisotopic (exact) mass is 279 g/mol. The number of rotatable bonds is 6. The summed E-state index contributed by atoms with van der Waals surface area (Å²) < 4.78 is 0. The van der Waals surface area contributed by atoms with Crippen LogP contribution in [0.5, 0.6) is 0 Å². The molecular weight excluding hydrogens is 258 g/mol. The predicted octanol–water partition coefficient (Wildman–Crippen LogP) is 1.83. The van der Waals surface area contributed by atoms with Crippen molar-refractivity contribution in [2.24, 2.45) is 0 Å². The molecule has 2 amide bonds. The van der Waals surface area contributed by atoms with E-state index in [1.54, 1.807) is 12.4 Å². The molecule has 0 fully saturated rings. The maximum Gasteiger partial charge on any atom is 0.329 e. The highest BCUT2D eigenvalue weighted by molar-refractivity contribution is 5.85. The topological polar surface area (TPSA) is 91.3 Å². The molecule has 0 bridgehead atoms. The van der Waals surface area contributed by atoms with Crippen molar-refractivity contribution in [3.05, 3.63) is 29.6 Å². The minimum Gasteiger partial charge on any atom is -0.480 e. The highest BCUT2D eigenvalue weighted by atomic mass is 16.4. The quantitative estimate of drug-likeness (QED) is 0.741. The van der Waals surface area contributed by atoms with Crippen LogP contribution in [0.1, 0.15) is 37.8 Å². The molecule has 0 saturated heterocycles. The van der Waals surface area contributed by atoms with E-state index in [1.165, 1.54) is 6.92 Å². The lowest BCUT2D eigenvalue weighted by atomic mass is 9.97. The summed E-state index contributed by atoms with van der Waals surface area (Å²) in [4.78, 5) is 27.0. The molecule has 110 valence electrons. The smallest absolute Gasteiger partial charge is 0.329 e. The lowest BCUT2D eigenvalue weighted by Crippen LogP contribution is -2.55. The normalized spacial score (nSPS) is 13.3. The number of nitrogens with zero attached hydrogens (tertiary/aromatic N) is 1. The van der Waals surface area contributed by atoms with E-state index >= 15 is 0 Å². The lowest BCUT2D eigenvalue weighted by Gasteiger charge is -2.25. The first-order valence-electron chi connectivity index (χ1n) is 6.58. The van der Waals surface area contributed by atoms with Gasteiger partial charge in [0, 0.05) is 18.9 Å². The number of hydrogen-bond donors (Lipinski definition) is 3. The summed E-state index contributed by atoms with van der Waals surface area (Å²) in [6.45, 7) is 5.62. The molecule has 1 aromatic rings. The van der Waals surface area contributed by atoms with Crippen LogP contribution in [-0.4, -0.2) is 27.6 Å². The summed E-state index contributed by atoms with van der Waals surface area (Å²) in [5, 5.41) is 14.4. The Morgan fingerprint density at radius 3 is 2.70 bits per heavy atom. The van der Waals surface area contributed by atoms with Crippen LogP contribution in [0.4, 0.5) is 4.79 Å². The Hall–Kier alpha value is -2.11. The first kappa shape index (κ1) is 15.9. The standard InChI is InChI=1S/C14H21N3O3/c1-4-6-14(3,12(18)19)17-13(20)16-9-11-8-15-7-5-10(11)2/h5,7-8H,4,6,9H2,1-3H3,(H,18,19)(H2,16,17,20). The van der Waals surface area contributed by atoms with Crippen molar-refractivity contribution < 1.29 is 14.7 Å². The van der Waals surface area contributed by atoms with Crippen LogP contribution in [0.15, 0.2) is 18.5 Å². The van der Waals surface area contributed by atoms with Gasteiger partial charge in [-0.3, -0.25) is 4.98 Å². The Morgan fingerprint density at radius 2 is 2.15 bits per heavy atom. The SMILES string of the molecule is CCCC(C)(NC(=O)NCc1cnccc1C)C(=O)O. The summed E-state index contributed by atoms with van der Waals surface area (Å²) in [7, 11) is 0. The molecule has 0 aromatic carbocycles. The first-order valence-corrected chi connectivity index (χ1v) is 6.58. The molecule has 1 atom stereocenters. The average molecular weight is 279 g/mol. The molecular formula is C14H21N3O3. The van der Waals surface area contributed by atoms with E-state index in [4.69, 9.17) is 0 Å². The van der Waals surface area contributed by atoms with E-state index in [1.807, 2.05) is 19.9 Å². The maximum absolute atomic E-state index is 11.8. The number of aromatic nitrogens is 1. The fraction of sp³-hybridized carbons (Fsp3) is 0.500. The number of carboxylic acid groups (broad SMARTS) is 1. The number of pyridine rings is 1. The van der Waals surface area contributed by atoms with Gasteiger partial charge in [0.05, 0.1) is 0 Å². The van der Waals surface area contributed by atoms with Crippen LogP contribution in [0, 0.1) is 6.92 Å². The molecule has 0 aliphatic carbocycles. The molecule has 0 aliphatic rings. The second kappa shape index (κ2) is 6.88. The summed E-state index contributed by atoms with van der Waals surface area (Å²) in [5.41, 5.74) is 0.674. The Balaban J connectivity index is 2.59. The molecule has 6 nitrogen and oxygen atoms in total. The fourth-order valence-electron chi connectivity index (χ4n) is 1.87. The van der Waals surface area contributed by atoms with Crippen LogP contribution in [-0.2, 0) is 11.3 Å². The van der Waals surface area contributed by atoms with Crippen LogP contribution in [0.2, 0.25) is 0 Å². The van der Waals surface area contributed by atoms with Crippen molar-refractivity contribution in [1.29, 1.82) is 0 Å². The molecule has 1 heterocycles. The minimum absolute atomic E-state index is 0.313. The van der Waals surface area contributed by atoms with Gasteiger partial charge in [-0.05, 0) is 37.5 Å². The van der Waals surface area contributed by atoms with Gasteiger partial charge in [-0.15, -0.1) is 0 Å². The largest absolute Gasteiger partial charge is 0.480 e. The molecule has 0 radical (unpaired) electrons. The number of urea groups is 1. The zero-order valence-electron chi connectivity index (χ0n) is 12.1. The van der Waals surface area contributed by atoms with Crippen molar-refractivity contribution in [2.45, 2.75) is 45.7 Å². The molecule has 20 heavy (non-hydrogen) atoms. The van der Waals surface area contributed by atoms with Gasteiger partial charge >= 0.3 is 12.0 Å². The van der Waals surface area contributed by atoms with Crippen molar-refractivity contribution >= 4 is 12.0 Å². The lowest BCUT2D eigenvalue weighted by molar-refractivity contribution is -0.144. The number of amides is 2. The highest BCUT2D eigenvalue weighted by Gasteiger charge is 2.33. The zero-order valence-corrected chi connectivity index (χ0v) is 12.1. The summed E-state index contributed by atoms with van der Waals surface area (Å²) in [6, 6.07) is 1.36. The second-order valence-electron chi connectivity index (χ2n) is 5.00. The van der Waals surface area contributed by atoms with Gasteiger partial charge in [-0.1, -0.05) is 13.3 Å². The van der Waals surface area contributed by atoms with Gasteiger partial charge in [0.1, 0.15) is 5.54 Å². The van der Waals surface area contributed by atoms with Crippen LogP contribution < -0.4 is 10.6 Å². The molecule has 1 unspecified atom stereocenters. The van der Waals surface area contributed by atoms with E-state index in [-0.39, 0.29) is 0 Å². The minimum atomic E-state index is -1.25. The molecule has 1 rings (SSSR count). The third-order valence-corrected chi connectivity index (χ3v) is 3.20. The van der Waals surface area contributed by atoms with Gasteiger partial charge < -0.3 is 15.7 Å². The molecule has 0 saturated carbocycles. The van der Waals surface area contributed by atoms with Gasteiger partial charge in [-0.25, -0.2) is 9.59 Å². The first-order chi connectivity index (χ1) is 9.39. The third kappa shape index (κ3) is 4.22. The van der Waals surface area contributed by atoms with Crippen LogP contribution in [0.25, 0.3) is 0 Å². The predicted molar refractivity (Wildman–Crippen MR) is 75.3 cm³/mol. The van der Waals surface area contributed by atoms with Gasteiger partial charge in [0.15, 0.2) is 0 Å². The number of carbonyl (C=O) groups excluding carboxylic acids is 1. The fourth-order valence-corrected chi connectivity index (χ4v) is 1.87. The Bertz CT molecular complexity index is 490. The average Bonchev–Trinajstić information content (AvgIpc) is 2.38. The highest BCUT2D eigenvalue weighted by Crippen LogP contribution is 2.12. The molecule has 3 N–H and O–H groups in total. The van der Waals surface area contributed by atoms with Gasteiger partial charge in [-0.2, -0.15) is 0 Å². The molecule has 1 aromatic heterocycles. The summed E-state index contributed by atoms with van der Waals surface area (Å²) in [5.74, 6) is -1.04. The zero-order chi connectivity index (χ0) is 15.2. The Labute approximate surface area is 118 Å². The number of aliphatic carboxylic acids is 1.